The number of rotatable bonds is 6. The van der Waals surface area contributed by atoms with Gasteiger partial charge < -0.3 is 10.1 Å². The van der Waals surface area contributed by atoms with Gasteiger partial charge in [0.05, 0.1) is 12.3 Å². The van der Waals surface area contributed by atoms with Gasteiger partial charge in [-0.1, -0.05) is 12.1 Å². The number of aromatic nitrogens is 1. The highest BCUT2D eigenvalue weighted by Gasteiger charge is 2.24. The minimum absolute atomic E-state index is 0.215. The van der Waals surface area contributed by atoms with Gasteiger partial charge in [-0.3, -0.25) is 0 Å². The zero-order valence-electron chi connectivity index (χ0n) is 12.1. The van der Waals surface area contributed by atoms with Gasteiger partial charge in [0, 0.05) is 24.9 Å². The molecule has 1 aromatic carbocycles. The van der Waals surface area contributed by atoms with E-state index in [-0.39, 0.29) is 11.4 Å². The minimum atomic E-state index is -3.57. The maximum absolute atomic E-state index is 12.4. The number of sulfonamides is 1. The summed E-state index contributed by atoms with van der Waals surface area (Å²) in [6, 6.07) is 5.22. The fourth-order valence-corrected chi connectivity index (χ4v) is 4.20. The van der Waals surface area contributed by atoms with Gasteiger partial charge in [0.2, 0.25) is 10.0 Å². The van der Waals surface area contributed by atoms with E-state index < -0.39 is 10.0 Å². The first kappa shape index (κ1) is 15.3. The summed E-state index contributed by atoms with van der Waals surface area (Å²) in [5.74, 6) is 0.485. The molecular formula is C14H17N3O3S2. The summed E-state index contributed by atoms with van der Waals surface area (Å²) in [6.45, 7) is 3.21. The van der Waals surface area contributed by atoms with Gasteiger partial charge in [0.15, 0.2) is 5.13 Å². The van der Waals surface area contributed by atoms with Gasteiger partial charge in [-0.15, -0.1) is 11.3 Å². The third-order valence-corrected chi connectivity index (χ3v) is 5.68. The Balaban J connectivity index is 1.61. The number of anilines is 1. The average Bonchev–Trinajstić information content (AvgIpc) is 3.11. The molecule has 0 atom stereocenters. The highest BCUT2D eigenvalue weighted by Crippen LogP contribution is 2.32. The number of hydrogen-bond acceptors (Lipinski definition) is 6. The van der Waals surface area contributed by atoms with Crippen molar-refractivity contribution in [1.29, 1.82) is 0 Å². The van der Waals surface area contributed by atoms with Gasteiger partial charge in [-0.25, -0.2) is 18.1 Å². The lowest BCUT2D eigenvalue weighted by molar-refractivity contribution is 0.348. The van der Waals surface area contributed by atoms with Crippen molar-refractivity contribution in [3.63, 3.8) is 0 Å². The molecule has 118 valence electrons. The molecule has 1 aliphatic rings. The van der Waals surface area contributed by atoms with Crippen molar-refractivity contribution in [2.45, 2.75) is 18.2 Å². The maximum atomic E-state index is 12.4. The first-order valence-electron chi connectivity index (χ1n) is 6.96. The van der Waals surface area contributed by atoms with Crippen LogP contribution in [0.1, 0.15) is 11.3 Å². The van der Waals surface area contributed by atoms with E-state index in [1.807, 2.05) is 18.4 Å². The largest absolute Gasteiger partial charge is 0.492 e. The molecule has 0 spiro atoms. The smallest absolute Gasteiger partial charge is 0.244 e. The molecule has 8 heteroatoms. The quantitative estimate of drug-likeness (QED) is 0.784. The molecule has 3 rings (SSSR count). The number of para-hydroxylation sites is 1. The van der Waals surface area contributed by atoms with Crippen molar-refractivity contribution in [3.8, 4) is 5.75 Å². The molecule has 0 saturated heterocycles. The normalized spacial score (nSPS) is 13.7. The Labute approximate surface area is 133 Å². The Morgan fingerprint density at radius 3 is 3.00 bits per heavy atom. The molecule has 0 unspecified atom stereocenters. The Morgan fingerprint density at radius 2 is 2.23 bits per heavy atom. The van der Waals surface area contributed by atoms with Crippen LogP contribution < -0.4 is 14.8 Å². The summed E-state index contributed by atoms with van der Waals surface area (Å²) in [4.78, 5) is 4.48. The Morgan fingerprint density at radius 1 is 1.36 bits per heavy atom. The predicted octanol–water partition coefficient (Wildman–Crippen LogP) is 1.78. The first-order chi connectivity index (χ1) is 10.6. The molecule has 22 heavy (non-hydrogen) atoms. The number of hydrogen-bond donors (Lipinski definition) is 2. The number of fused-ring (bicyclic) bond motifs is 1. The molecule has 6 nitrogen and oxygen atoms in total. The molecule has 0 amide bonds. The van der Waals surface area contributed by atoms with Crippen molar-refractivity contribution in [2.24, 2.45) is 0 Å². The van der Waals surface area contributed by atoms with Gasteiger partial charge in [-0.2, -0.15) is 0 Å². The Hall–Kier alpha value is -1.64. The standard InChI is InChI=1S/C14H17N3O3S2/c1-10-9-21-14(17-10)15-6-7-16-22(18,19)12-4-2-3-11-5-8-20-13(11)12/h2-4,9,16H,5-8H2,1H3,(H,15,17). The second-order valence-electron chi connectivity index (χ2n) is 4.96. The summed E-state index contributed by atoms with van der Waals surface area (Å²) >= 11 is 1.50. The van der Waals surface area contributed by atoms with E-state index in [0.717, 1.165) is 22.8 Å². The Kier molecular flexibility index (Phi) is 4.32. The van der Waals surface area contributed by atoms with Crippen LogP contribution in [0.3, 0.4) is 0 Å². The second-order valence-corrected chi connectivity index (χ2v) is 7.55. The second kappa shape index (κ2) is 6.23. The fourth-order valence-electron chi connectivity index (χ4n) is 2.26. The summed E-state index contributed by atoms with van der Waals surface area (Å²) < 4.78 is 32.8. The molecule has 0 saturated carbocycles. The van der Waals surface area contributed by atoms with E-state index in [4.69, 9.17) is 4.74 Å². The number of ether oxygens (including phenoxy) is 1. The van der Waals surface area contributed by atoms with Gasteiger partial charge in [-0.05, 0) is 18.6 Å². The lowest BCUT2D eigenvalue weighted by Crippen LogP contribution is -2.29. The van der Waals surface area contributed by atoms with Crippen molar-refractivity contribution in [3.05, 3.63) is 34.8 Å². The van der Waals surface area contributed by atoms with E-state index >= 15 is 0 Å². The SMILES string of the molecule is Cc1csc(NCCNS(=O)(=O)c2cccc3c2OCC3)n1. The summed E-state index contributed by atoms with van der Waals surface area (Å²) in [5.41, 5.74) is 1.89. The molecule has 1 aliphatic heterocycles. The van der Waals surface area contributed by atoms with Crippen LogP contribution in [0.25, 0.3) is 0 Å². The predicted molar refractivity (Wildman–Crippen MR) is 86.2 cm³/mol. The van der Waals surface area contributed by atoms with E-state index in [1.165, 1.54) is 11.3 Å². The van der Waals surface area contributed by atoms with Crippen LogP contribution in [0.15, 0.2) is 28.5 Å². The first-order valence-corrected chi connectivity index (χ1v) is 9.33. The average molecular weight is 339 g/mol. The Bertz CT molecular complexity index is 771. The van der Waals surface area contributed by atoms with Crippen molar-refractivity contribution in [2.75, 3.05) is 25.0 Å². The molecule has 2 heterocycles. The third kappa shape index (κ3) is 3.23. The van der Waals surface area contributed by atoms with Gasteiger partial charge in [0.1, 0.15) is 10.6 Å². The molecule has 0 bridgehead atoms. The molecule has 2 N–H and O–H groups in total. The van der Waals surface area contributed by atoms with Gasteiger partial charge >= 0.3 is 0 Å². The monoisotopic (exact) mass is 339 g/mol. The van der Waals surface area contributed by atoms with E-state index in [2.05, 4.69) is 15.0 Å². The zero-order chi connectivity index (χ0) is 15.6. The van der Waals surface area contributed by atoms with Crippen molar-refractivity contribution >= 4 is 26.5 Å². The van der Waals surface area contributed by atoms with Crippen LogP contribution in [0.2, 0.25) is 0 Å². The van der Waals surface area contributed by atoms with Crippen LogP contribution in [0.4, 0.5) is 5.13 Å². The molecule has 0 radical (unpaired) electrons. The summed E-state index contributed by atoms with van der Waals surface area (Å²) in [7, 11) is -3.57. The van der Waals surface area contributed by atoms with Gasteiger partial charge in [0.25, 0.3) is 0 Å². The maximum Gasteiger partial charge on any atom is 0.244 e. The number of nitrogens with zero attached hydrogens (tertiary/aromatic N) is 1. The third-order valence-electron chi connectivity index (χ3n) is 3.28. The zero-order valence-corrected chi connectivity index (χ0v) is 13.8. The topological polar surface area (TPSA) is 80.3 Å². The van der Waals surface area contributed by atoms with Crippen molar-refractivity contribution < 1.29 is 13.2 Å². The lowest BCUT2D eigenvalue weighted by atomic mass is 10.2. The number of nitrogens with one attached hydrogen (secondary N) is 2. The van der Waals surface area contributed by atoms with E-state index in [0.29, 0.717) is 18.9 Å². The lowest BCUT2D eigenvalue weighted by Gasteiger charge is -2.10. The van der Waals surface area contributed by atoms with Crippen LogP contribution in [0.5, 0.6) is 5.75 Å². The molecular weight excluding hydrogens is 322 g/mol. The van der Waals surface area contributed by atoms with Crippen LogP contribution in [0, 0.1) is 6.92 Å². The molecule has 0 aliphatic carbocycles. The molecule has 1 aromatic heterocycles. The summed E-state index contributed by atoms with van der Waals surface area (Å²) in [5, 5.41) is 5.82. The number of aryl methyl sites for hydroxylation is 1. The van der Waals surface area contributed by atoms with Crippen LogP contribution in [-0.4, -0.2) is 33.1 Å². The summed E-state index contributed by atoms with van der Waals surface area (Å²) in [6.07, 6.45) is 0.754. The number of thiazole rings is 1. The highest BCUT2D eigenvalue weighted by molar-refractivity contribution is 7.89. The van der Waals surface area contributed by atoms with Crippen molar-refractivity contribution in [1.82, 2.24) is 9.71 Å². The minimum Gasteiger partial charge on any atom is -0.492 e. The molecule has 0 fully saturated rings. The molecule has 2 aromatic rings. The number of benzene rings is 1. The fraction of sp³-hybridized carbons (Fsp3) is 0.357. The highest BCUT2D eigenvalue weighted by atomic mass is 32.2. The van der Waals surface area contributed by atoms with E-state index in [1.54, 1.807) is 12.1 Å². The van der Waals surface area contributed by atoms with Crippen LogP contribution >= 0.6 is 11.3 Å². The van der Waals surface area contributed by atoms with E-state index in [9.17, 15) is 8.42 Å². The van der Waals surface area contributed by atoms with Crippen LogP contribution in [-0.2, 0) is 16.4 Å².